The van der Waals surface area contributed by atoms with Gasteiger partial charge in [0.25, 0.3) is 0 Å². The van der Waals surface area contributed by atoms with E-state index in [9.17, 15) is 13.2 Å². The minimum absolute atomic E-state index is 0.486. The van der Waals surface area contributed by atoms with Crippen molar-refractivity contribution >= 4 is 5.57 Å². The van der Waals surface area contributed by atoms with Gasteiger partial charge in [0, 0.05) is 30.4 Å². The molecule has 23 heavy (non-hydrogen) atoms. The van der Waals surface area contributed by atoms with Crippen molar-refractivity contribution in [1.29, 1.82) is 0 Å². The molecule has 1 aromatic carbocycles. The van der Waals surface area contributed by atoms with Crippen molar-refractivity contribution in [3.8, 4) is 11.1 Å². The van der Waals surface area contributed by atoms with Gasteiger partial charge in [0.15, 0.2) is 0 Å². The van der Waals surface area contributed by atoms with Gasteiger partial charge in [-0.25, -0.2) is 0 Å². The highest BCUT2D eigenvalue weighted by atomic mass is 19.4. The van der Waals surface area contributed by atoms with Crippen LogP contribution in [-0.2, 0) is 6.18 Å². The van der Waals surface area contributed by atoms with Crippen LogP contribution in [0.4, 0.5) is 13.2 Å². The molecule has 1 saturated heterocycles. The molecule has 0 amide bonds. The Labute approximate surface area is 132 Å². The summed E-state index contributed by atoms with van der Waals surface area (Å²) in [5.41, 5.74) is 2.15. The van der Waals surface area contributed by atoms with Crippen LogP contribution in [0.5, 0.6) is 0 Å². The van der Waals surface area contributed by atoms with Crippen LogP contribution >= 0.6 is 0 Å². The lowest BCUT2D eigenvalue weighted by molar-refractivity contribution is -0.137. The first kappa shape index (κ1) is 14.4. The minimum atomic E-state index is -4.31. The fraction of sp³-hybridized carbons (Fsp3) is 0.333. The van der Waals surface area contributed by atoms with Crippen LogP contribution in [0.3, 0.4) is 0 Å². The zero-order chi connectivity index (χ0) is 16.0. The van der Waals surface area contributed by atoms with E-state index in [1.165, 1.54) is 17.7 Å². The maximum absolute atomic E-state index is 12.7. The van der Waals surface area contributed by atoms with Crippen molar-refractivity contribution in [1.82, 2.24) is 4.90 Å². The summed E-state index contributed by atoms with van der Waals surface area (Å²) in [5, 5.41) is 0. The second-order valence-electron chi connectivity index (χ2n) is 6.13. The van der Waals surface area contributed by atoms with E-state index < -0.39 is 11.7 Å². The molecule has 3 aliphatic rings. The van der Waals surface area contributed by atoms with Crippen LogP contribution in [0.1, 0.15) is 24.2 Å². The summed E-state index contributed by atoms with van der Waals surface area (Å²) in [4.78, 5) is 2.29. The van der Waals surface area contributed by atoms with Gasteiger partial charge in [0.1, 0.15) is 5.76 Å². The van der Waals surface area contributed by atoms with Crippen LogP contribution in [-0.4, -0.2) is 18.0 Å². The smallest absolute Gasteiger partial charge is 0.416 e. The van der Waals surface area contributed by atoms with Gasteiger partial charge in [-0.05, 0) is 42.5 Å². The third kappa shape index (κ3) is 2.54. The summed E-state index contributed by atoms with van der Waals surface area (Å²) in [7, 11) is 0. The SMILES string of the molecule is FC(F)(F)c1ccc(-c2ccoc2C2=CN3CCC2CC3)cc1. The monoisotopic (exact) mass is 319 g/mol. The predicted molar refractivity (Wildman–Crippen MR) is 81.4 cm³/mol. The topological polar surface area (TPSA) is 16.4 Å². The molecule has 1 aromatic heterocycles. The highest BCUT2D eigenvalue weighted by molar-refractivity contribution is 5.79. The van der Waals surface area contributed by atoms with Crippen LogP contribution < -0.4 is 0 Å². The van der Waals surface area contributed by atoms with Gasteiger partial charge >= 0.3 is 6.18 Å². The molecule has 0 N–H and O–H groups in total. The third-order valence-electron chi connectivity index (χ3n) is 4.74. The first-order valence-corrected chi connectivity index (χ1v) is 7.73. The molecule has 0 aliphatic carbocycles. The van der Waals surface area contributed by atoms with E-state index in [1.807, 2.05) is 6.07 Å². The van der Waals surface area contributed by atoms with Crippen LogP contribution in [0.15, 0.2) is 47.2 Å². The van der Waals surface area contributed by atoms with Crippen LogP contribution in [0.25, 0.3) is 16.7 Å². The van der Waals surface area contributed by atoms with Crippen molar-refractivity contribution in [2.75, 3.05) is 13.1 Å². The van der Waals surface area contributed by atoms with Gasteiger partial charge in [-0.2, -0.15) is 13.2 Å². The lowest BCUT2D eigenvalue weighted by atomic mass is 9.83. The largest absolute Gasteiger partial charge is 0.464 e. The van der Waals surface area contributed by atoms with E-state index in [0.717, 1.165) is 55.0 Å². The molecule has 0 radical (unpaired) electrons. The Balaban J connectivity index is 1.70. The number of hydrogen-bond acceptors (Lipinski definition) is 2. The summed E-state index contributed by atoms with van der Waals surface area (Å²) in [5.74, 6) is 1.28. The number of hydrogen-bond donors (Lipinski definition) is 0. The molecule has 2 bridgehead atoms. The van der Waals surface area contributed by atoms with E-state index in [2.05, 4.69) is 11.1 Å². The third-order valence-corrected chi connectivity index (χ3v) is 4.74. The van der Waals surface area contributed by atoms with Crippen molar-refractivity contribution in [2.24, 2.45) is 5.92 Å². The zero-order valence-corrected chi connectivity index (χ0v) is 12.4. The lowest BCUT2D eigenvalue weighted by Gasteiger charge is -2.38. The van der Waals surface area contributed by atoms with E-state index in [-0.39, 0.29) is 0 Å². The summed E-state index contributed by atoms with van der Waals surface area (Å²) in [6.45, 7) is 2.15. The van der Waals surface area contributed by atoms with E-state index in [0.29, 0.717) is 5.92 Å². The zero-order valence-electron chi connectivity index (χ0n) is 12.4. The first-order valence-electron chi connectivity index (χ1n) is 7.73. The number of allylic oxidation sites excluding steroid dienone is 1. The molecule has 0 unspecified atom stereocenters. The molecule has 4 heterocycles. The van der Waals surface area contributed by atoms with E-state index >= 15 is 0 Å². The van der Waals surface area contributed by atoms with Gasteiger partial charge in [-0.1, -0.05) is 12.1 Å². The maximum atomic E-state index is 12.7. The fourth-order valence-corrected chi connectivity index (χ4v) is 3.48. The number of halogens is 3. The molecule has 1 fully saturated rings. The fourth-order valence-electron chi connectivity index (χ4n) is 3.48. The van der Waals surface area contributed by atoms with Gasteiger partial charge in [0.2, 0.25) is 0 Å². The van der Waals surface area contributed by atoms with Gasteiger partial charge in [0.05, 0.1) is 11.8 Å². The Morgan fingerprint density at radius 3 is 2.26 bits per heavy atom. The number of rotatable bonds is 2. The molecule has 0 atom stereocenters. The predicted octanol–water partition coefficient (Wildman–Crippen LogP) is 5.03. The minimum Gasteiger partial charge on any atom is -0.464 e. The molecular formula is C18H16F3NO. The highest BCUT2D eigenvalue weighted by Gasteiger charge is 2.32. The summed E-state index contributed by atoms with van der Waals surface area (Å²) in [6.07, 6.45) is 1.67. The molecule has 2 aromatic rings. The lowest BCUT2D eigenvalue weighted by Crippen LogP contribution is -2.35. The number of piperidine rings is 1. The molecule has 0 saturated carbocycles. The summed E-state index contributed by atoms with van der Waals surface area (Å²) >= 11 is 0. The molecule has 5 rings (SSSR count). The molecule has 3 aliphatic heterocycles. The average Bonchev–Trinajstić information content (AvgIpc) is 3.05. The van der Waals surface area contributed by atoms with Gasteiger partial charge < -0.3 is 9.32 Å². The summed E-state index contributed by atoms with van der Waals surface area (Å²) < 4.78 is 43.8. The second kappa shape index (κ2) is 5.18. The van der Waals surface area contributed by atoms with E-state index in [4.69, 9.17) is 4.42 Å². The van der Waals surface area contributed by atoms with Crippen LogP contribution in [0, 0.1) is 5.92 Å². The maximum Gasteiger partial charge on any atom is 0.416 e. The number of alkyl halides is 3. The Morgan fingerprint density at radius 1 is 1.00 bits per heavy atom. The molecule has 2 nitrogen and oxygen atoms in total. The summed E-state index contributed by atoms with van der Waals surface area (Å²) in [6, 6.07) is 7.10. The first-order chi connectivity index (χ1) is 11.0. The van der Waals surface area contributed by atoms with Crippen molar-refractivity contribution < 1.29 is 17.6 Å². The number of nitrogens with zero attached hydrogens (tertiary/aromatic N) is 1. The van der Waals surface area contributed by atoms with Gasteiger partial charge in [-0.3, -0.25) is 0 Å². The van der Waals surface area contributed by atoms with Crippen molar-refractivity contribution in [3.05, 3.63) is 54.1 Å². The average molecular weight is 319 g/mol. The quantitative estimate of drug-likeness (QED) is 0.772. The number of furan rings is 1. The normalized spacial score (nSPS) is 18.4. The van der Waals surface area contributed by atoms with Crippen LogP contribution in [0.2, 0.25) is 0 Å². The number of benzene rings is 1. The molecule has 5 heteroatoms. The molecular weight excluding hydrogens is 303 g/mol. The Morgan fingerprint density at radius 2 is 1.70 bits per heavy atom. The number of fused-ring (bicyclic) bond motifs is 2. The second-order valence-corrected chi connectivity index (χ2v) is 6.13. The standard InChI is InChI=1S/C18H16F3NO/c19-18(20,21)14-3-1-12(2-4-14)15-7-10-23-17(15)16-11-22-8-5-13(16)6-9-22/h1-4,7,10-11,13H,5-6,8-9H2. The van der Waals surface area contributed by atoms with E-state index in [1.54, 1.807) is 6.26 Å². The Kier molecular flexibility index (Phi) is 3.25. The molecule has 120 valence electrons. The highest BCUT2D eigenvalue weighted by Crippen LogP contribution is 2.42. The van der Waals surface area contributed by atoms with Crippen molar-refractivity contribution in [3.63, 3.8) is 0 Å². The Bertz CT molecular complexity index is 734. The molecule has 0 spiro atoms. The van der Waals surface area contributed by atoms with Crippen molar-refractivity contribution in [2.45, 2.75) is 19.0 Å². The van der Waals surface area contributed by atoms with Gasteiger partial charge in [-0.15, -0.1) is 0 Å². The Hall–Kier alpha value is -2.17.